The molecule has 1 saturated heterocycles. The van der Waals surface area contributed by atoms with Crippen LogP contribution in [0.2, 0.25) is 0 Å². The molecule has 2 rings (SSSR count). The SMILES string of the molecule is O=C(O)c1c(CNN2CCCCC2)cccc1[N+](=O)[O-]. The van der Waals surface area contributed by atoms with Crippen LogP contribution >= 0.6 is 0 Å². The molecule has 1 aromatic carbocycles. The zero-order valence-electron chi connectivity index (χ0n) is 11.0. The predicted octanol–water partition coefficient (Wildman–Crippen LogP) is 1.78. The van der Waals surface area contributed by atoms with Crippen LogP contribution in [0.25, 0.3) is 0 Å². The maximum absolute atomic E-state index is 11.3. The number of hydrogen-bond acceptors (Lipinski definition) is 5. The Bertz CT molecular complexity index is 512. The van der Waals surface area contributed by atoms with Gasteiger partial charge in [0.15, 0.2) is 0 Å². The lowest BCUT2D eigenvalue weighted by Gasteiger charge is -2.27. The molecule has 0 spiro atoms. The van der Waals surface area contributed by atoms with Gasteiger partial charge in [-0.2, -0.15) is 0 Å². The van der Waals surface area contributed by atoms with E-state index in [1.165, 1.54) is 18.6 Å². The first kappa shape index (κ1) is 14.4. The molecule has 7 heteroatoms. The van der Waals surface area contributed by atoms with Gasteiger partial charge in [-0.25, -0.2) is 9.80 Å². The highest BCUT2D eigenvalue weighted by Gasteiger charge is 2.23. The summed E-state index contributed by atoms with van der Waals surface area (Å²) >= 11 is 0. The van der Waals surface area contributed by atoms with Crippen LogP contribution in [-0.2, 0) is 6.54 Å². The summed E-state index contributed by atoms with van der Waals surface area (Å²) in [6, 6.07) is 4.33. The molecule has 0 aliphatic carbocycles. The molecule has 0 amide bonds. The molecular weight excluding hydrogens is 262 g/mol. The molecule has 0 saturated carbocycles. The van der Waals surface area contributed by atoms with Gasteiger partial charge in [0, 0.05) is 25.7 Å². The summed E-state index contributed by atoms with van der Waals surface area (Å²) < 4.78 is 0. The van der Waals surface area contributed by atoms with E-state index < -0.39 is 10.9 Å². The third kappa shape index (κ3) is 3.31. The molecule has 0 radical (unpaired) electrons. The summed E-state index contributed by atoms with van der Waals surface area (Å²) in [5, 5.41) is 22.1. The number of nitrogens with one attached hydrogen (secondary N) is 1. The molecule has 2 N–H and O–H groups in total. The minimum Gasteiger partial charge on any atom is -0.477 e. The molecule has 1 heterocycles. The van der Waals surface area contributed by atoms with E-state index in [2.05, 4.69) is 5.43 Å². The molecule has 0 bridgehead atoms. The molecule has 1 aliphatic rings. The average molecular weight is 279 g/mol. The molecule has 0 atom stereocenters. The number of carboxylic acids is 1. The lowest BCUT2D eigenvalue weighted by atomic mass is 10.1. The lowest BCUT2D eigenvalue weighted by molar-refractivity contribution is -0.385. The molecular formula is C13H17N3O4. The van der Waals surface area contributed by atoms with E-state index in [4.69, 9.17) is 0 Å². The van der Waals surface area contributed by atoms with Crippen LogP contribution in [-0.4, -0.2) is 34.1 Å². The zero-order chi connectivity index (χ0) is 14.5. The van der Waals surface area contributed by atoms with Crippen LogP contribution < -0.4 is 5.43 Å². The van der Waals surface area contributed by atoms with Crippen molar-refractivity contribution in [2.24, 2.45) is 0 Å². The van der Waals surface area contributed by atoms with Gasteiger partial charge in [-0.15, -0.1) is 0 Å². The third-order valence-corrected chi connectivity index (χ3v) is 3.39. The summed E-state index contributed by atoms with van der Waals surface area (Å²) in [5.74, 6) is -1.27. The number of piperidine rings is 1. The van der Waals surface area contributed by atoms with Crippen molar-refractivity contribution < 1.29 is 14.8 Å². The summed E-state index contributed by atoms with van der Waals surface area (Å²) in [6.45, 7) is 2.11. The van der Waals surface area contributed by atoms with Crippen molar-refractivity contribution in [3.8, 4) is 0 Å². The second-order valence-electron chi connectivity index (χ2n) is 4.76. The van der Waals surface area contributed by atoms with E-state index in [0.717, 1.165) is 25.9 Å². The maximum Gasteiger partial charge on any atom is 0.343 e. The van der Waals surface area contributed by atoms with Crippen LogP contribution in [0.15, 0.2) is 18.2 Å². The molecule has 1 aromatic rings. The first-order valence-electron chi connectivity index (χ1n) is 6.57. The highest BCUT2D eigenvalue weighted by Crippen LogP contribution is 2.22. The summed E-state index contributed by atoms with van der Waals surface area (Å²) in [5.41, 5.74) is 2.98. The number of carboxylic acid groups (broad SMARTS) is 1. The zero-order valence-corrected chi connectivity index (χ0v) is 11.0. The lowest BCUT2D eigenvalue weighted by Crippen LogP contribution is -2.41. The highest BCUT2D eigenvalue weighted by atomic mass is 16.6. The van der Waals surface area contributed by atoms with Crippen molar-refractivity contribution in [2.75, 3.05) is 13.1 Å². The second kappa shape index (κ2) is 6.44. The van der Waals surface area contributed by atoms with Gasteiger partial charge in [-0.1, -0.05) is 18.6 Å². The fourth-order valence-electron chi connectivity index (χ4n) is 2.38. The molecule has 0 aromatic heterocycles. The Morgan fingerprint density at radius 3 is 2.65 bits per heavy atom. The van der Waals surface area contributed by atoms with Gasteiger partial charge >= 0.3 is 5.97 Å². The first-order valence-corrected chi connectivity index (χ1v) is 6.57. The Hall–Kier alpha value is -1.99. The van der Waals surface area contributed by atoms with Gasteiger partial charge in [0.25, 0.3) is 5.69 Å². The first-order chi connectivity index (χ1) is 9.59. The number of benzene rings is 1. The van der Waals surface area contributed by atoms with Gasteiger partial charge in [0.05, 0.1) is 4.92 Å². The average Bonchev–Trinajstić information content (AvgIpc) is 2.45. The number of hydrazine groups is 1. The Balaban J connectivity index is 2.16. The van der Waals surface area contributed by atoms with Crippen LogP contribution in [0.4, 0.5) is 5.69 Å². The molecule has 0 unspecified atom stereocenters. The Kier molecular flexibility index (Phi) is 4.65. The monoisotopic (exact) mass is 279 g/mol. The van der Waals surface area contributed by atoms with Gasteiger partial charge in [-0.3, -0.25) is 15.5 Å². The van der Waals surface area contributed by atoms with E-state index in [1.54, 1.807) is 6.07 Å². The van der Waals surface area contributed by atoms with E-state index in [1.807, 2.05) is 5.01 Å². The summed E-state index contributed by atoms with van der Waals surface area (Å²) in [4.78, 5) is 21.5. The number of rotatable bonds is 5. The van der Waals surface area contributed by atoms with Crippen molar-refractivity contribution in [3.05, 3.63) is 39.4 Å². The fraction of sp³-hybridized carbons (Fsp3) is 0.462. The quantitative estimate of drug-likeness (QED) is 0.630. The molecule has 1 aliphatic heterocycles. The molecule has 108 valence electrons. The predicted molar refractivity (Wildman–Crippen MR) is 72.3 cm³/mol. The number of aromatic carboxylic acids is 1. The van der Waals surface area contributed by atoms with E-state index >= 15 is 0 Å². The minimum absolute atomic E-state index is 0.234. The van der Waals surface area contributed by atoms with Crippen molar-refractivity contribution in [3.63, 3.8) is 0 Å². The standard InChI is InChI=1S/C13H17N3O4/c17-13(18)12-10(5-4-6-11(12)16(19)20)9-14-15-7-2-1-3-8-15/h4-6,14H,1-3,7-9H2,(H,17,18). The van der Waals surface area contributed by atoms with Crippen LogP contribution in [0.5, 0.6) is 0 Å². The van der Waals surface area contributed by atoms with Crippen LogP contribution in [0.1, 0.15) is 35.2 Å². The largest absolute Gasteiger partial charge is 0.477 e. The summed E-state index contributed by atoms with van der Waals surface area (Å²) in [6.07, 6.45) is 3.41. The Labute approximate surface area is 116 Å². The van der Waals surface area contributed by atoms with Crippen molar-refractivity contribution in [2.45, 2.75) is 25.8 Å². The number of carbonyl (C=O) groups is 1. The number of nitrogens with zero attached hydrogens (tertiary/aromatic N) is 2. The van der Waals surface area contributed by atoms with Crippen molar-refractivity contribution in [1.29, 1.82) is 0 Å². The molecule has 1 fully saturated rings. The van der Waals surface area contributed by atoms with Gasteiger partial charge < -0.3 is 5.11 Å². The maximum atomic E-state index is 11.3. The number of hydrogen-bond donors (Lipinski definition) is 2. The third-order valence-electron chi connectivity index (χ3n) is 3.39. The smallest absolute Gasteiger partial charge is 0.343 e. The minimum atomic E-state index is -1.27. The van der Waals surface area contributed by atoms with Crippen molar-refractivity contribution in [1.82, 2.24) is 10.4 Å². The van der Waals surface area contributed by atoms with E-state index in [-0.39, 0.29) is 17.8 Å². The van der Waals surface area contributed by atoms with Crippen LogP contribution in [0, 0.1) is 10.1 Å². The highest BCUT2D eigenvalue weighted by molar-refractivity contribution is 5.94. The van der Waals surface area contributed by atoms with Gasteiger partial charge in [-0.05, 0) is 18.4 Å². The van der Waals surface area contributed by atoms with Gasteiger partial charge in [0.2, 0.25) is 0 Å². The fourth-order valence-corrected chi connectivity index (χ4v) is 2.38. The topological polar surface area (TPSA) is 95.7 Å². The molecule has 7 nitrogen and oxygen atoms in total. The molecule has 20 heavy (non-hydrogen) atoms. The second-order valence-corrected chi connectivity index (χ2v) is 4.76. The normalized spacial score (nSPS) is 16.0. The van der Waals surface area contributed by atoms with E-state index in [0.29, 0.717) is 5.56 Å². The number of nitro groups is 1. The van der Waals surface area contributed by atoms with Crippen molar-refractivity contribution >= 4 is 11.7 Å². The Morgan fingerprint density at radius 2 is 2.05 bits per heavy atom. The summed E-state index contributed by atoms with van der Waals surface area (Å²) in [7, 11) is 0. The number of nitro benzene ring substituents is 1. The van der Waals surface area contributed by atoms with Crippen LogP contribution in [0.3, 0.4) is 0 Å². The Morgan fingerprint density at radius 1 is 1.35 bits per heavy atom. The van der Waals surface area contributed by atoms with E-state index in [9.17, 15) is 20.0 Å². The van der Waals surface area contributed by atoms with Gasteiger partial charge in [0.1, 0.15) is 5.56 Å².